The first-order chi connectivity index (χ1) is 15.3. The van der Waals surface area contributed by atoms with Crippen LogP contribution in [0.15, 0.2) is 47.4 Å². The Kier molecular flexibility index (Phi) is 7.63. The maximum Gasteiger partial charge on any atom is 0.243 e. The standard InChI is InChI=1S/C23H29FN4O3S/c1-4-27(5-2)32(30,31)19-11-12-21-20(15-19)26-22(28(21)6-3)13-14-23(29)25-16-17-7-9-18(24)10-8-17/h7-12,15H,4-6,13-14,16H2,1-3H3,(H,25,29). The molecule has 0 bridgehead atoms. The summed E-state index contributed by atoms with van der Waals surface area (Å²) in [6, 6.07) is 11.0. The number of aryl methyl sites for hydroxylation is 2. The third-order valence-electron chi connectivity index (χ3n) is 5.44. The van der Waals surface area contributed by atoms with Crippen molar-refractivity contribution >= 4 is 27.0 Å². The van der Waals surface area contributed by atoms with E-state index >= 15 is 0 Å². The van der Waals surface area contributed by atoms with Crippen molar-refractivity contribution in [3.8, 4) is 0 Å². The van der Waals surface area contributed by atoms with Crippen molar-refractivity contribution in [2.75, 3.05) is 13.1 Å². The molecule has 0 unspecified atom stereocenters. The van der Waals surface area contributed by atoms with Crippen molar-refractivity contribution in [1.29, 1.82) is 0 Å². The Morgan fingerprint density at radius 3 is 2.41 bits per heavy atom. The number of nitrogens with one attached hydrogen (secondary N) is 1. The number of imidazole rings is 1. The summed E-state index contributed by atoms with van der Waals surface area (Å²) in [5.41, 5.74) is 2.26. The highest BCUT2D eigenvalue weighted by Crippen LogP contribution is 2.23. The van der Waals surface area contributed by atoms with Crippen LogP contribution in [-0.4, -0.2) is 41.3 Å². The molecule has 0 saturated heterocycles. The molecule has 0 radical (unpaired) electrons. The first-order valence-corrected chi connectivity index (χ1v) is 12.2. The number of carbonyl (C=O) groups excluding carboxylic acids is 1. The lowest BCUT2D eigenvalue weighted by Gasteiger charge is -2.18. The van der Waals surface area contributed by atoms with Gasteiger partial charge in [-0.2, -0.15) is 4.31 Å². The molecule has 1 heterocycles. The number of hydrogen-bond donors (Lipinski definition) is 1. The number of aromatic nitrogens is 2. The number of nitrogens with zero attached hydrogens (tertiary/aromatic N) is 3. The lowest BCUT2D eigenvalue weighted by atomic mass is 10.2. The fraction of sp³-hybridized carbons (Fsp3) is 0.391. The minimum absolute atomic E-state index is 0.131. The fourth-order valence-electron chi connectivity index (χ4n) is 3.69. The second kappa shape index (κ2) is 10.2. The van der Waals surface area contributed by atoms with Crippen molar-refractivity contribution in [2.45, 2.75) is 51.6 Å². The van der Waals surface area contributed by atoms with Gasteiger partial charge in [-0.1, -0.05) is 26.0 Å². The van der Waals surface area contributed by atoms with E-state index in [4.69, 9.17) is 0 Å². The fourth-order valence-corrected chi connectivity index (χ4v) is 5.17. The maximum absolute atomic E-state index is 13.0. The van der Waals surface area contributed by atoms with Crippen LogP contribution in [0.3, 0.4) is 0 Å². The molecule has 0 fully saturated rings. The minimum Gasteiger partial charge on any atom is -0.352 e. The van der Waals surface area contributed by atoms with E-state index < -0.39 is 10.0 Å². The van der Waals surface area contributed by atoms with Gasteiger partial charge in [0.25, 0.3) is 0 Å². The van der Waals surface area contributed by atoms with Crippen LogP contribution in [0.25, 0.3) is 11.0 Å². The Labute approximate surface area is 188 Å². The van der Waals surface area contributed by atoms with Crippen molar-refractivity contribution in [2.24, 2.45) is 0 Å². The Balaban J connectivity index is 1.73. The normalized spacial score (nSPS) is 11.9. The van der Waals surface area contributed by atoms with Gasteiger partial charge in [0.05, 0.1) is 15.9 Å². The van der Waals surface area contributed by atoms with Gasteiger partial charge >= 0.3 is 0 Å². The number of benzene rings is 2. The zero-order chi connectivity index (χ0) is 23.3. The lowest BCUT2D eigenvalue weighted by Crippen LogP contribution is -2.30. The zero-order valence-corrected chi connectivity index (χ0v) is 19.5. The molecule has 3 rings (SSSR count). The molecule has 9 heteroatoms. The molecule has 2 aromatic carbocycles. The van der Waals surface area contributed by atoms with Gasteiger partial charge in [-0.15, -0.1) is 0 Å². The molecule has 0 aliphatic rings. The Morgan fingerprint density at radius 1 is 1.09 bits per heavy atom. The van der Waals surface area contributed by atoms with Crippen LogP contribution in [0.5, 0.6) is 0 Å². The van der Waals surface area contributed by atoms with Crippen molar-refractivity contribution in [3.05, 3.63) is 59.7 Å². The summed E-state index contributed by atoms with van der Waals surface area (Å²) in [5.74, 6) is 0.289. The SMILES string of the molecule is CCN(CC)S(=O)(=O)c1ccc2c(c1)nc(CCC(=O)NCc1ccc(F)cc1)n2CC. The third kappa shape index (κ3) is 5.16. The molecular weight excluding hydrogens is 431 g/mol. The number of carbonyl (C=O) groups is 1. The average molecular weight is 461 g/mol. The topological polar surface area (TPSA) is 84.3 Å². The Bertz CT molecular complexity index is 1190. The average Bonchev–Trinajstić information content (AvgIpc) is 3.14. The summed E-state index contributed by atoms with van der Waals surface area (Å²) >= 11 is 0. The summed E-state index contributed by atoms with van der Waals surface area (Å²) in [4.78, 5) is 17.1. The van der Waals surface area contributed by atoms with Crippen LogP contribution in [0.2, 0.25) is 0 Å². The van der Waals surface area contributed by atoms with E-state index in [1.54, 1.807) is 30.3 Å². The number of amides is 1. The van der Waals surface area contributed by atoms with Crippen molar-refractivity contribution in [3.63, 3.8) is 0 Å². The van der Waals surface area contributed by atoms with E-state index in [0.717, 1.165) is 16.9 Å². The number of halogens is 1. The molecule has 32 heavy (non-hydrogen) atoms. The number of rotatable bonds is 10. The molecule has 1 N–H and O–H groups in total. The molecule has 1 amide bonds. The molecule has 0 aliphatic carbocycles. The van der Waals surface area contributed by atoms with Gasteiger partial charge in [0, 0.05) is 39.0 Å². The quantitative estimate of drug-likeness (QED) is 0.502. The predicted octanol–water partition coefficient (Wildman–Crippen LogP) is 3.47. The lowest BCUT2D eigenvalue weighted by molar-refractivity contribution is -0.121. The molecular formula is C23H29FN4O3S. The summed E-state index contributed by atoms with van der Waals surface area (Å²) in [7, 11) is -3.57. The summed E-state index contributed by atoms with van der Waals surface area (Å²) in [6.07, 6.45) is 0.672. The predicted molar refractivity (Wildman–Crippen MR) is 122 cm³/mol. The molecule has 0 saturated carbocycles. The van der Waals surface area contributed by atoms with E-state index in [2.05, 4.69) is 10.3 Å². The second-order valence-corrected chi connectivity index (χ2v) is 9.35. The molecule has 172 valence electrons. The Hall–Kier alpha value is -2.78. The van der Waals surface area contributed by atoms with E-state index in [1.165, 1.54) is 16.4 Å². The summed E-state index contributed by atoms with van der Waals surface area (Å²) in [6.45, 7) is 7.40. The highest BCUT2D eigenvalue weighted by atomic mass is 32.2. The number of hydrogen-bond acceptors (Lipinski definition) is 4. The second-order valence-electron chi connectivity index (χ2n) is 7.42. The van der Waals surface area contributed by atoms with Crippen LogP contribution >= 0.6 is 0 Å². The number of sulfonamides is 1. The summed E-state index contributed by atoms with van der Waals surface area (Å²) in [5, 5.41) is 2.83. The maximum atomic E-state index is 13.0. The highest BCUT2D eigenvalue weighted by molar-refractivity contribution is 7.89. The van der Waals surface area contributed by atoms with Gasteiger partial charge in [-0.3, -0.25) is 4.79 Å². The van der Waals surface area contributed by atoms with Crippen LogP contribution in [0.1, 0.15) is 38.6 Å². The van der Waals surface area contributed by atoms with Gasteiger partial charge in [-0.05, 0) is 42.8 Å². The first-order valence-electron chi connectivity index (χ1n) is 10.8. The smallest absolute Gasteiger partial charge is 0.243 e. The van der Waals surface area contributed by atoms with E-state index in [9.17, 15) is 17.6 Å². The largest absolute Gasteiger partial charge is 0.352 e. The summed E-state index contributed by atoms with van der Waals surface area (Å²) < 4.78 is 42.1. The van der Waals surface area contributed by atoms with Gasteiger partial charge in [0.2, 0.25) is 15.9 Å². The first kappa shape index (κ1) is 23.9. The zero-order valence-electron chi connectivity index (χ0n) is 18.6. The number of fused-ring (bicyclic) bond motifs is 1. The van der Waals surface area contributed by atoms with E-state index in [0.29, 0.717) is 38.1 Å². The van der Waals surface area contributed by atoms with Crippen LogP contribution in [-0.2, 0) is 34.3 Å². The van der Waals surface area contributed by atoms with Gasteiger partial charge in [0.1, 0.15) is 11.6 Å². The third-order valence-corrected chi connectivity index (χ3v) is 7.48. The van der Waals surface area contributed by atoms with Gasteiger partial charge < -0.3 is 9.88 Å². The molecule has 0 atom stereocenters. The van der Waals surface area contributed by atoms with E-state index in [-0.39, 0.29) is 23.0 Å². The molecule has 7 nitrogen and oxygen atoms in total. The van der Waals surface area contributed by atoms with E-state index in [1.807, 2.05) is 25.3 Å². The molecule has 3 aromatic rings. The molecule has 0 aliphatic heterocycles. The minimum atomic E-state index is -3.57. The Morgan fingerprint density at radius 2 is 1.78 bits per heavy atom. The van der Waals surface area contributed by atoms with Crippen LogP contribution in [0.4, 0.5) is 4.39 Å². The monoisotopic (exact) mass is 460 g/mol. The van der Waals surface area contributed by atoms with Crippen molar-refractivity contribution in [1.82, 2.24) is 19.2 Å². The van der Waals surface area contributed by atoms with Gasteiger partial charge in [0.15, 0.2) is 0 Å². The van der Waals surface area contributed by atoms with Crippen molar-refractivity contribution < 1.29 is 17.6 Å². The van der Waals surface area contributed by atoms with Gasteiger partial charge in [-0.25, -0.2) is 17.8 Å². The van der Waals surface area contributed by atoms with Crippen LogP contribution < -0.4 is 5.32 Å². The van der Waals surface area contributed by atoms with Crippen LogP contribution in [0, 0.1) is 5.82 Å². The molecule has 1 aromatic heterocycles. The highest BCUT2D eigenvalue weighted by Gasteiger charge is 2.23. The molecule has 0 spiro atoms.